The molecule has 1 radical (unpaired) electrons. The van der Waals surface area contributed by atoms with E-state index < -0.39 is 0 Å². The normalized spacial score (nSPS) is 29.4. The van der Waals surface area contributed by atoms with Crippen molar-refractivity contribution in [2.24, 2.45) is 0 Å². The van der Waals surface area contributed by atoms with Crippen LogP contribution < -0.4 is 0 Å². The van der Waals surface area contributed by atoms with E-state index in [1.165, 1.54) is 8.66 Å². The summed E-state index contributed by atoms with van der Waals surface area (Å²) in [6, 6.07) is 0. The van der Waals surface area contributed by atoms with Gasteiger partial charge in [0.25, 0.3) is 0 Å². The molecule has 1 heterocycles. The molecule has 0 bridgehead atoms. The third-order valence-corrected chi connectivity index (χ3v) is 8.48. The predicted octanol–water partition coefficient (Wildman–Crippen LogP) is 1.97. The Balaban J connectivity index is 2.54. The third kappa shape index (κ3) is 1.65. The zero-order valence-corrected chi connectivity index (χ0v) is 9.33. The van der Waals surface area contributed by atoms with E-state index in [2.05, 4.69) is 22.0 Å². The Morgan fingerprint density at radius 2 is 2.71 bits per heavy atom. The third-order valence-electron chi connectivity index (χ3n) is 0.919. The van der Waals surface area contributed by atoms with Crippen molar-refractivity contribution in [3.63, 3.8) is 0 Å². The maximum absolute atomic E-state index is 5.83. The molecule has 1 unspecified atom stereocenters. The van der Waals surface area contributed by atoms with Crippen LogP contribution in [0, 0.1) is 0 Å². The van der Waals surface area contributed by atoms with Crippen molar-refractivity contribution in [2.75, 3.05) is 0 Å². The molecule has 0 saturated carbocycles. The Morgan fingerprint density at radius 1 is 2.00 bits per heavy atom. The zero-order chi connectivity index (χ0) is 5.28. The monoisotopic (exact) mass is 281 g/mol. The van der Waals surface area contributed by atoms with Gasteiger partial charge in [-0.25, -0.2) is 0 Å². The van der Waals surface area contributed by atoms with Crippen molar-refractivity contribution in [1.29, 1.82) is 0 Å². The van der Waals surface area contributed by atoms with E-state index in [0.717, 1.165) is 0 Å². The first-order valence-electron chi connectivity index (χ1n) is 2.13. The van der Waals surface area contributed by atoms with Crippen LogP contribution in [0.4, 0.5) is 0 Å². The second-order valence-electron chi connectivity index (χ2n) is 1.46. The molecule has 0 aliphatic carbocycles. The van der Waals surface area contributed by atoms with Crippen LogP contribution in [-0.2, 0) is 0 Å². The summed E-state index contributed by atoms with van der Waals surface area (Å²) in [5.74, 6) is 0. The average molecular weight is 282 g/mol. The van der Waals surface area contributed by atoms with Gasteiger partial charge in [-0.15, -0.1) is 0 Å². The predicted molar refractivity (Wildman–Crippen MR) is 37.2 cm³/mol. The van der Waals surface area contributed by atoms with Crippen molar-refractivity contribution in [2.45, 2.75) is 7.31 Å². The minimum atomic E-state index is -0.341. The number of hydrogen-bond donors (Lipinski definition) is 0. The molecule has 1 rings (SSSR count). The number of allylic oxidation sites excluding steroid dienone is 2. The summed E-state index contributed by atoms with van der Waals surface area (Å²) in [6.07, 6.45) is 2.21. The summed E-state index contributed by atoms with van der Waals surface area (Å²) in [4.78, 5) is 0. The van der Waals surface area contributed by atoms with E-state index >= 15 is 0 Å². The Labute approximate surface area is 67.8 Å². The van der Waals surface area contributed by atoms with Gasteiger partial charge < -0.3 is 0 Å². The van der Waals surface area contributed by atoms with E-state index in [9.17, 15) is 0 Å². The van der Waals surface area contributed by atoms with Gasteiger partial charge in [-0.05, 0) is 0 Å². The molecular weight excluding hydrogens is 278 g/mol. The summed E-state index contributed by atoms with van der Waals surface area (Å²) >= 11 is 8.87. The molecule has 1 atom stereocenters. The molecule has 1 aliphatic rings. The van der Waals surface area contributed by atoms with E-state index in [1.54, 1.807) is 0 Å². The molecule has 0 fully saturated rings. The van der Waals surface area contributed by atoms with Gasteiger partial charge in [0, 0.05) is 0 Å². The number of hydrogen-bond acceptors (Lipinski definition) is 0. The number of halogens is 2. The van der Waals surface area contributed by atoms with Gasteiger partial charge in [0.05, 0.1) is 0 Å². The zero-order valence-electron chi connectivity index (χ0n) is 3.70. The second-order valence-corrected chi connectivity index (χ2v) is 8.65. The Kier molecular flexibility index (Phi) is 2.59. The molecule has 0 saturated heterocycles. The van der Waals surface area contributed by atoms with Crippen molar-refractivity contribution in [3.05, 3.63) is 10.6 Å². The fraction of sp³-hybridized carbons (Fsp3) is 0.500. The van der Waals surface area contributed by atoms with Crippen LogP contribution in [0.2, 0.25) is 4.18 Å². The van der Waals surface area contributed by atoms with Crippen molar-refractivity contribution < 1.29 is 0 Å². The Hall–Kier alpha value is 1.38. The Morgan fingerprint density at radius 3 is 2.86 bits per heavy atom. The molecular formula is C4H4BrClIn. The van der Waals surface area contributed by atoms with Gasteiger partial charge in [-0.2, -0.15) is 0 Å². The average Bonchev–Trinajstić information content (AvgIpc) is 1.91. The van der Waals surface area contributed by atoms with Crippen LogP contribution >= 0.6 is 27.5 Å². The van der Waals surface area contributed by atoms with Gasteiger partial charge in [0.1, 0.15) is 0 Å². The molecule has 0 amide bonds. The molecule has 7 heavy (non-hydrogen) atoms. The molecule has 0 nitrogen and oxygen atoms in total. The van der Waals surface area contributed by atoms with Crippen LogP contribution in [0.1, 0.15) is 0 Å². The van der Waals surface area contributed by atoms with E-state index in [0.29, 0.717) is 3.13 Å². The van der Waals surface area contributed by atoms with Gasteiger partial charge in [-0.3, -0.25) is 0 Å². The molecule has 0 spiro atoms. The molecule has 3 heteroatoms. The fourth-order valence-corrected chi connectivity index (χ4v) is 6.56. The van der Waals surface area contributed by atoms with E-state index in [4.69, 9.17) is 11.6 Å². The molecule has 37 valence electrons. The standard InChI is InChI=1S/C4H4BrCl.In/c1-2-4(5)3-6;/h2-3H,1H2;. The maximum atomic E-state index is 5.83. The quantitative estimate of drug-likeness (QED) is 0.596. The molecule has 1 aliphatic heterocycles. The molecule has 0 aromatic carbocycles. The van der Waals surface area contributed by atoms with Crippen LogP contribution in [0.25, 0.3) is 0 Å². The van der Waals surface area contributed by atoms with E-state index in [1.807, 2.05) is 0 Å². The topological polar surface area (TPSA) is 0 Å². The van der Waals surface area contributed by atoms with E-state index in [-0.39, 0.29) is 22.9 Å². The van der Waals surface area contributed by atoms with Gasteiger partial charge in [-0.1, -0.05) is 0 Å². The van der Waals surface area contributed by atoms with Crippen LogP contribution in [0.15, 0.2) is 10.6 Å². The summed E-state index contributed by atoms with van der Waals surface area (Å²) in [7, 11) is 0. The van der Waals surface area contributed by atoms with Gasteiger partial charge >= 0.3 is 68.3 Å². The number of rotatable bonds is 0. The Bertz CT molecular complexity index is 102. The molecule has 0 N–H and O–H groups in total. The van der Waals surface area contributed by atoms with Crippen LogP contribution in [0.5, 0.6) is 0 Å². The van der Waals surface area contributed by atoms with Crippen LogP contribution in [0.3, 0.4) is 0 Å². The van der Waals surface area contributed by atoms with Crippen molar-refractivity contribution in [1.82, 2.24) is 0 Å². The molecule has 0 aromatic rings. The summed E-state index contributed by atoms with van der Waals surface area (Å²) in [5, 5.41) is 0. The number of alkyl halides is 1. The summed E-state index contributed by atoms with van der Waals surface area (Å²) in [5.41, 5.74) is 0. The first kappa shape index (κ1) is 6.50. The first-order valence-corrected chi connectivity index (χ1v) is 7.60. The van der Waals surface area contributed by atoms with Gasteiger partial charge in [0.15, 0.2) is 0 Å². The molecule has 0 aromatic heterocycles. The van der Waals surface area contributed by atoms with Crippen LogP contribution in [-0.4, -0.2) is 26.0 Å². The first-order chi connectivity index (χ1) is 3.30. The minimum absolute atomic E-state index is 0.341. The van der Waals surface area contributed by atoms with Crippen molar-refractivity contribution in [3.8, 4) is 0 Å². The fourth-order valence-electron chi connectivity index (χ4n) is 0.525. The summed E-state index contributed by atoms with van der Waals surface area (Å²) in [6.45, 7) is 0. The SMILES string of the molecule is Cl[CH]1[In][CH2]C=C1Br. The second kappa shape index (κ2) is 2.79. The van der Waals surface area contributed by atoms with Gasteiger partial charge in [0.2, 0.25) is 0 Å². The summed E-state index contributed by atoms with van der Waals surface area (Å²) < 4.78 is 3.02. The van der Waals surface area contributed by atoms with Crippen molar-refractivity contribution >= 4 is 50.4 Å².